The fourth-order valence-electron chi connectivity index (χ4n) is 3.37. The number of carboxylic acids is 1. The van der Waals surface area contributed by atoms with Gasteiger partial charge < -0.3 is 19.5 Å². The Bertz CT molecular complexity index is 841. The summed E-state index contributed by atoms with van der Waals surface area (Å²) in [5.41, 5.74) is 1.57. The van der Waals surface area contributed by atoms with Crippen molar-refractivity contribution < 1.29 is 24.2 Å². The second-order valence-corrected chi connectivity index (χ2v) is 6.79. The minimum Gasteiger partial charge on any atom is -0.479 e. The van der Waals surface area contributed by atoms with E-state index in [0.29, 0.717) is 17.1 Å². The topological polar surface area (TPSA) is 76.1 Å². The Morgan fingerprint density at radius 1 is 1.15 bits per heavy atom. The van der Waals surface area contributed by atoms with Crippen LogP contribution in [-0.2, 0) is 31.4 Å². The predicted molar refractivity (Wildman–Crippen MR) is 92.4 cm³/mol. The van der Waals surface area contributed by atoms with E-state index in [1.54, 1.807) is 29.2 Å². The lowest BCUT2D eigenvalue weighted by molar-refractivity contribution is -0.219. The smallest absolute Gasteiger partial charge is 0.336 e. The molecular formula is C19H16ClNO5. The summed E-state index contributed by atoms with van der Waals surface area (Å²) in [7, 11) is 0. The Balaban J connectivity index is 1.68. The molecule has 2 aliphatic heterocycles. The van der Waals surface area contributed by atoms with Gasteiger partial charge in [-0.1, -0.05) is 54.1 Å². The number of hydrogen-bond donors (Lipinski definition) is 1. The van der Waals surface area contributed by atoms with Crippen molar-refractivity contribution in [2.45, 2.75) is 24.5 Å². The highest BCUT2D eigenvalue weighted by Crippen LogP contribution is 2.43. The third kappa shape index (κ3) is 2.86. The van der Waals surface area contributed by atoms with Gasteiger partial charge >= 0.3 is 5.97 Å². The Morgan fingerprint density at radius 3 is 2.50 bits per heavy atom. The number of carbonyl (C=O) groups excluding carboxylic acids is 1. The zero-order valence-electron chi connectivity index (χ0n) is 13.7. The molecule has 6 nitrogen and oxygen atoms in total. The van der Waals surface area contributed by atoms with Crippen LogP contribution >= 0.6 is 11.6 Å². The van der Waals surface area contributed by atoms with Gasteiger partial charge in [-0.05, 0) is 17.7 Å². The standard InChI is InChI=1S/C19H16ClNO5/c20-14-8-6-12(7-9-14)10-21-11-19(13-4-2-1-3-5-13)25-15(17(21)22)16(26-19)18(23)24/h1-9,15-16H,10-11H2,(H,23,24). The number of aliphatic carboxylic acids is 1. The molecule has 2 aromatic rings. The van der Waals surface area contributed by atoms with Gasteiger partial charge in [-0.2, -0.15) is 0 Å². The van der Waals surface area contributed by atoms with Gasteiger partial charge in [0.1, 0.15) is 0 Å². The van der Waals surface area contributed by atoms with Gasteiger partial charge in [0.15, 0.2) is 12.2 Å². The van der Waals surface area contributed by atoms with E-state index in [0.717, 1.165) is 5.56 Å². The number of nitrogens with zero attached hydrogens (tertiary/aromatic N) is 1. The molecule has 1 N–H and O–H groups in total. The Morgan fingerprint density at radius 2 is 1.85 bits per heavy atom. The highest BCUT2D eigenvalue weighted by atomic mass is 35.5. The molecule has 0 aromatic heterocycles. The third-order valence-corrected chi connectivity index (χ3v) is 4.86. The van der Waals surface area contributed by atoms with Gasteiger partial charge in [-0.15, -0.1) is 0 Å². The molecule has 1 amide bonds. The van der Waals surface area contributed by atoms with Crippen molar-refractivity contribution in [1.82, 2.24) is 4.90 Å². The molecule has 0 radical (unpaired) electrons. The van der Waals surface area contributed by atoms with Crippen molar-refractivity contribution in [3.05, 3.63) is 70.7 Å². The van der Waals surface area contributed by atoms with Crippen molar-refractivity contribution >= 4 is 23.5 Å². The zero-order valence-corrected chi connectivity index (χ0v) is 14.4. The minimum atomic E-state index is -1.34. The molecule has 0 saturated carbocycles. The molecule has 2 heterocycles. The Labute approximate surface area is 154 Å². The normalized spacial score (nSPS) is 27.6. The lowest BCUT2D eigenvalue weighted by Gasteiger charge is -2.38. The van der Waals surface area contributed by atoms with Crippen LogP contribution in [-0.4, -0.2) is 40.6 Å². The molecule has 2 saturated heterocycles. The van der Waals surface area contributed by atoms with Crippen LogP contribution in [0.5, 0.6) is 0 Å². The number of fused-ring (bicyclic) bond motifs is 2. The van der Waals surface area contributed by atoms with Crippen LogP contribution in [0.2, 0.25) is 5.02 Å². The van der Waals surface area contributed by atoms with E-state index in [-0.39, 0.29) is 6.54 Å². The molecule has 134 valence electrons. The van der Waals surface area contributed by atoms with Crippen LogP contribution in [0.3, 0.4) is 0 Å². The first-order valence-electron chi connectivity index (χ1n) is 8.16. The molecule has 3 unspecified atom stereocenters. The van der Waals surface area contributed by atoms with E-state index in [2.05, 4.69) is 0 Å². The van der Waals surface area contributed by atoms with E-state index in [1.165, 1.54) is 0 Å². The first-order valence-corrected chi connectivity index (χ1v) is 8.53. The van der Waals surface area contributed by atoms with Crippen LogP contribution < -0.4 is 0 Å². The lowest BCUT2D eigenvalue weighted by Crippen LogP contribution is -2.53. The van der Waals surface area contributed by atoms with E-state index in [1.807, 2.05) is 30.3 Å². The van der Waals surface area contributed by atoms with Gasteiger partial charge in [0.05, 0.1) is 6.54 Å². The summed E-state index contributed by atoms with van der Waals surface area (Å²) in [6.45, 7) is 0.429. The summed E-state index contributed by atoms with van der Waals surface area (Å²) in [6, 6.07) is 16.3. The molecule has 2 fully saturated rings. The van der Waals surface area contributed by atoms with Crippen LogP contribution in [0.25, 0.3) is 0 Å². The first kappa shape index (κ1) is 17.0. The molecule has 7 heteroatoms. The van der Waals surface area contributed by atoms with Gasteiger partial charge in [0.2, 0.25) is 5.79 Å². The summed E-state index contributed by atoms with van der Waals surface area (Å²) >= 11 is 5.91. The van der Waals surface area contributed by atoms with Crippen LogP contribution in [0.4, 0.5) is 0 Å². The number of morpholine rings is 1. The van der Waals surface area contributed by atoms with Crippen LogP contribution in [0.15, 0.2) is 54.6 Å². The number of rotatable bonds is 4. The zero-order chi connectivity index (χ0) is 18.3. The molecule has 26 heavy (non-hydrogen) atoms. The molecule has 2 bridgehead atoms. The van der Waals surface area contributed by atoms with Gasteiger partial charge in [-0.25, -0.2) is 4.79 Å². The number of carbonyl (C=O) groups is 2. The molecule has 3 atom stereocenters. The van der Waals surface area contributed by atoms with E-state index >= 15 is 0 Å². The molecule has 0 spiro atoms. The van der Waals surface area contributed by atoms with Crippen molar-refractivity contribution in [1.29, 1.82) is 0 Å². The highest BCUT2D eigenvalue weighted by Gasteiger charge is 2.60. The number of amides is 1. The van der Waals surface area contributed by atoms with Crippen molar-refractivity contribution in [3.8, 4) is 0 Å². The number of carboxylic acid groups (broad SMARTS) is 1. The summed E-state index contributed by atoms with van der Waals surface area (Å²) in [5, 5.41) is 10.1. The fourth-order valence-corrected chi connectivity index (χ4v) is 3.49. The SMILES string of the molecule is O=C(O)C1OC2(c3ccccc3)CN(Cc3ccc(Cl)cc3)C(=O)C1O2. The van der Waals surface area contributed by atoms with Gasteiger partial charge in [-0.3, -0.25) is 4.79 Å². The van der Waals surface area contributed by atoms with Gasteiger partial charge in [0, 0.05) is 17.1 Å². The Hall–Kier alpha value is -2.41. The maximum absolute atomic E-state index is 12.8. The largest absolute Gasteiger partial charge is 0.479 e. The van der Waals surface area contributed by atoms with Crippen molar-refractivity contribution in [3.63, 3.8) is 0 Å². The number of benzene rings is 2. The van der Waals surface area contributed by atoms with E-state index < -0.39 is 29.9 Å². The fraction of sp³-hybridized carbons (Fsp3) is 0.263. The maximum Gasteiger partial charge on any atom is 0.336 e. The van der Waals surface area contributed by atoms with E-state index in [4.69, 9.17) is 21.1 Å². The van der Waals surface area contributed by atoms with Crippen LogP contribution in [0, 0.1) is 0 Å². The second-order valence-electron chi connectivity index (χ2n) is 6.35. The maximum atomic E-state index is 12.8. The third-order valence-electron chi connectivity index (χ3n) is 4.61. The molecule has 2 aromatic carbocycles. The number of hydrogen-bond acceptors (Lipinski definition) is 4. The van der Waals surface area contributed by atoms with Gasteiger partial charge in [0.25, 0.3) is 5.91 Å². The number of halogens is 1. The molecule has 0 aliphatic carbocycles. The van der Waals surface area contributed by atoms with Crippen LogP contribution in [0.1, 0.15) is 11.1 Å². The minimum absolute atomic E-state index is 0.110. The molecule has 2 aliphatic rings. The average Bonchev–Trinajstić information content (AvgIpc) is 2.99. The first-order chi connectivity index (χ1) is 12.5. The lowest BCUT2D eigenvalue weighted by atomic mass is 10.0. The highest BCUT2D eigenvalue weighted by molar-refractivity contribution is 6.30. The van der Waals surface area contributed by atoms with E-state index in [9.17, 15) is 14.7 Å². The second kappa shape index (κ2) is 6.39. The summed E-state index contributed by atoms with van der Waals surface area (Å²) in [6.07, 6.45) is -2.51. The average molecular weight is 374 g/mol. The quantitative estimate of drug-likeness (QED) is 0.890. The summed E-state index contributed by atoms with van der Waals surface area (Å²) < 4.78 is 11.6. The summed E-state index contributed by atoms with van der Waals surface area (Å²) in [4.78, 5) is 25.9. The summed E-state index contributed by atoms with van der Waals surface area (Å²) in [5.74, 6) is -2.89. The Kier molecular flexibility index (Phi) is 4.19. The number of ether oxygens (including phenoxy) is 2. The monoisotopic (exact) mass is 373 g/mol. The van der Waals surface area contributed by atoms with Crippen molar-refractivity contribution in [2.75, 3.05) is 6.54 Å². The molecule has 4 rings (SSSR count). The molecular weight excluding hydrogens is 358 g/mol. The van der Waals surface area contributed by atoms with Crippen molar-refractivity contribution in [2.24, 2.45) is 0 Å². The predicted octanol–water partition coefficient (Wildman–Crippen LogP) is 2.40.